The Bertz CT molecular complexity index is 1090. The van der Waals surface area contributed by atoms with Crippen molar-refractivity contribution in [3.8, 4) is 5.75 Å². The summed E-state index contributed by atoms with van der Waals surface area (Å²) in [5, 5.41) is 19.7. The molecule has 32 heavy (non-hydrogen) atoms. The molecule has 0 fully saturated rings. The minimum absolute atomic E-state index is 0.0533. The van der Waals surface area contributed by atoms with Crippen LogP contribution in [-0.4, -0.2) is 36.3 Å². The summed E-state index contributed by atoms with van der Waals surface area (Å²) in [7, 11) is -4.12. The standard InChI is InChI=1S/C23H29NO6S2/c1-22(2,3)17-11-15(12-18(20(17)26)23(4,5)6)31-13-19(25)24-32(29,30)16-9-7-14(8-10-16)21(27)28/h7-12,26H,13H2,1-6H3,(H,24,25)(H,27,28). The highest BCUT2D eigenvalue weighted by atomic mass is 32.2. The van der Waals surface area contributed by atoms with E-state index in [0.29, 0.717) is 0 Å². The largest absolute Gasteiger partial charge is 0.507 e. The SMILES string of the molecule is CC(C)(C)c1cc(SCC(=O)NS(=O)(=O)c2ccc(C(=O)O)cc2)cc(C(C)(C)C)c1O. The van der Waals surface area contributed by atoms with Crippen LogP contribution in [0.2, 0.25) is 0 Å². The summed E-state index contributed by atoms with van der Waals surface area (Å²) in [4.78, 5) is 23.8. The predicted octanol–water partition coefficient (Wildman–Crippen LogP) is 4.28. The van der Waals surface area contributed by atoms with E-state index in [1.54, 1.807) is 0 Å². The average molecular weight is 480 g/mol. The van der Waals surface area contributed by atoms with Crippen LogP contribution in [0.15, 0.2) is 46.2 Å². The van der Waals surface area contributed by atoms with Crippen molar-refractivity contribution in [3.63, 3.8) is 0 Å². The van der Waals surface area contributed by atoms with Crippen LogP contribution in [-0.2, 0) is 25.6 Å². The molecule has 2 aromatic rings. The van der Waals surface area contributed by atoms with Crippen molar-refractivity contribution in [2.45, 2.75) is 62.2 Å². The topological polar surface area (TPSA) is 121 Å². The lowest BCUT2D eigenvalue weighted by Gasteiger charge is -2.28. The maximum atomic E-state index is 12.4. The summed E-state index contributed by atoms with van der Waals surface area (Å²) in [6, 6.07) is 8.24. The van der Waals surface area contributed by atoms with Gasteiger partial charge < -0.3 is 10.2 Å². The first-order valence-electron chi connectivity index (χ1n) is 9.92. The third kappa shape index (κ3) is 6.26. The smallest absolute Gasteiger partial charge is 0.335 e. The van der Waals surface area contributed by atoms with Gasteiger partial charge in [0.05, 0.1) is 16.2 Å². The van der Waals surface area contributed by atoms with Crippen molar-refractivity contribution in [1.82, 2.24) is 4.72 Å². The lowest BCUT2D eigenvalue weighted by molar-refractivity contribution is -0.116. The molecule has 0 heterocycles. The first-order chi connectivity index (χ1) is 14.5. The van der Waals surface area contributed by atoms with Gasteiger partial charge in [0.2, 0.25) is 5.91 Å². The molecule has 3 N–H and O–H groups in total. The van der Waals surface area contributed by atoms with E-state index >= 15 is 0 Å². The molecule has 0 saturated carbocycles. The third-order valence-electron chi connectivity index (χ3n) is 4.73. The number of aromatic hydroxyl groups is 1. The summed E-state index contributed by atoms with van der Waals surface area (Å²) < 4.78 is 26.9. The number of hydrogen-bond donors (Lipinski definition) is 3. The number of amides is 1. The molecular formula is C23H29NO6S2. The normalized spacial score (nSPS) is 12.4. The van der Waals surface area contributed by atoms with Crippen LogP contribution >= 0.6 is 11.8 Å². The van der Waals surface area contributed by atoms with Gasteiger partial charge in [0, 0.05) is 16.0 Å². The number of thioether (sulfide) groups is 1. The monoisotopic (exact) mass is 479 g/mol. The van der Waals surface area contributed by atoms with E-state index in [1.807, 2.05) is 58.4 Å². The number of benzene rings is 2. The molecule has 2 aromatic carbocycles. The number of carbonyl (C=O) groups is 2. The maximum absolute atomic E-state index is 12.4. The predicted molar refractivity (Wildman–Crippen MR) is 125 cm³/mol. The summed E-state index contributed by atoms with van der Waals surface area (Å²) in [5.41, 5.74) is 0.795. The summed E-state index contributed by atoms with van der Waals surface area (Å²) in [6.45, 7) is 11.9. The second-order valence-electron chi connectivity index (χ2n) is 9.51. The van der Waals surface area contributed by atoms with Crippen LogP contribution in [0.4, 0.5) is 0 Å². The number of phenolic OH excluding ortho intramolecular Hbond substituents is 1. The highest BCUT2D eigenvalue weighted by Crippen LogP contribution is 2.41. The molecule has 7 nitrogen and oxygen atoms in total. The molecule has 0 unspecified atom stereocenters. The van der Waals surface area contributed by atoms with Crippen molar-refractivity contribution in [1.29, 1.82) is 0 Å². The van der Waals surface area contributed by atoms with Gasteiger partial charge in [0.15, 0.2) is 0 Å². The fraction of sp³-hybridized carbons (Fsp3) is 0.391. The first-order valence-corrected chi connectivity index (χ1v) is 12.4. The number of carboxylic acid groups (broad SMARTS) is 1. The molecule has 0 atom stereocenters. The molecule has 1 amide bonds. The second-order valence-corrected chi connectivity index (χ2v) is 12.2. The highest BCUT2D eigenvalue weighted by Gasteiger charge is 2.27. The van der Waals surface area contributed by atoms with Crippen LogP contribution in [0, 0.1) is 0 Å². The fourth-order valence-electron chi connectivity index (χ4n) is 3.00. The summed E-state index contributed by atoms with van der Waals surface area (Å²) in [6.07, 6.45) is 0. The Morgan fingerprint density at radius 3 is 1.81 bits per heavy atom. The molecule has 174 valence electrons. The minimum atomic E-state index is -4.12. The lowest BCUT2D eigenvalue weighted by Crippen LogP contribution is -2.32. The number of hydrogen-bond acceptors (Lipinski definition) is 6. The van der Waals surface area contributed by atoms with Gasteiger partial charge in [-0.25, -0.2) is 17.9 Å². The van der Waals surface area contributed by atoms with E-state index in [1.165, 1.54) is 11.8 Å². The number of sulfonamides is 1. The summed E-state index contributed by atoms with van der Waals surface area (Å²) in [5.74, 6) is -1.80. The van der Waals surface area contributed by atoms with Gasteiger partial charge in [-0.05, 0) is 47.2 Å². The zero-order chi connectivity index (χ0) is 24.5. The van der Waals surface area contributed by atoms with E-state index in [9.17, 15) is 23.1 Å². The number of phenols is 1. The molecule has 0 bridgehead atoms. The molecule has 9 heteroatoms. The molecule has 0 aliphatic carbocycles. The summed E-state index contributed by atoms with van der Waals surface area (Å²) >= 11 is 1.17. The Morgan fingerprint density at radius 2 is 1.41 bits per heavy atom. The van der Waals surface area contributed by atoms with E-state index in [4.69, 9.17) is 5.11 Å². The number of carbonyl (C=O) groups excluding carboxylic acids is 1. The van der Waals surface area contributed by atoms with Crippen molar-refractivity contribution in [3.05, 3.63) is 53.1 Å². The molecule has 0 aromatic heterocycles. The zero-order valence-electron chi connectivity index (χ0n) is 19.0. The number of aromatic carboxylic acids is 1. The Hall–Kier alpha value is -2.52. The van der Waals surface area contributed by atoms with Gasteiger partial charge in [-0.2, -0.15) is 0 Å². The third-order valence-corrected chi connectivity index (χ3v) is 7.09. The minimum Gasteiger partial charge on any atom is -0.507 e. The maximum Gasteiger partial charge on any atom is 0.335 e. The average Bonchev–Trinajstić information content (AvgIpc) is 2.65. The van der Waals surface area contributed by atoms with E-state index < -0.39 is 21.9 Å². The first kappa shape index (κ1) is 25.7. The van der Waals surface area contributed by atoms with Crippen LogP contribution in [0.3, 0.4) is 0 Å². The zero-order valence-corrected chi connectivity index (χ0v) is 20.6. The lowest BCUT2D eigenvalue weighted by atomic mass is 9.79. The van der Waals surface area contributed by atoms with Gasteiger partial charge >= 0.3 is 5.97 Å². The molecule has 0 radical (unpaired) electrons. The van der Waals surface area contributed by atoms with Gasteiger partial charge in [-0.1, -0.05) is 41.5 Å². The van der Waals surface area contributed by atoms with E-state index in [0.717, 1.165) is 40.3 Å². The Balaban J connectivity index is 2.21. The molecule has 0 aliphatic rings. The molecular weight excluding hydrogens is 450 g/mol. The van der Waals surface area contributed by atoms with Gasteiger partial charge in [-0.15, -0.1) is 11.8 Å². The Kier molecular flexibility index (Phi) is 7.36. The van der Waals surface area contributed by atoms with Crippen molar-refractivity contribution < 1.29 is 28.2 Å². The van der Waals surface area contributed by atoms with Gasteiger partial charge in [0.1, 0.15) is 5.75 Å². The Labute approximate surface area is 193 Å². The van der Waals surface area contributed by atoms with E-state index in [2.05, 4.69) is 0 Å². The van der Waals surface area contributed by atoms with Crippen LogP contribution in [0.25, 0.3) is 0 Å². The second kappa shape index (κ2) is 9.15. The molecule has 0 saturated heterocycles. The van der Waals surface area contributed by atoms with E-state index in [-0.39, 0.29) is 32.8 Å². The highest BCUT2D eigenvalue weighted by molar-refractivity contribution is 8.00. The molecule has 0 spiro atoms. The van der Waals surface area contributed by atoms with Crippen molar-refractivity contribution in [2.75, 3.05) is 5.75 Å². The fourth-order valence-corrected chi connectivity index (χ4v) is 4.85. The van der Waals surface area contributed by atoms with Gasteiger partial charge in [0.25, 0.3) is 10.0 Å². The number of nitrogens with one attached hydrogen (secondary N) is 1. The van der Waals surface area contributed by atoms with Crippen LogP contribution in [0.1, 0.15) is 63.0 Å². The number of carboxylic acids is 1. The quantitative estimate of drug-likeness (QED) is 0.529. The van der Waals surface area contributed by atoms with Gasteiger partial charge in [-0.3, -0.25) is 4.79 Å². The van der Waals surface area contributed by atoms with Crippen LogP contribution in [0.5, 0.6) is 5.75 Å². The molecule has 0 aliphatic heterocycles. The van der Waals surface area contributed by atoms with Crippen LogP contribution < -0.4 is 4.72 Å². The van der Waals surface area contributed by atoms with Crippen molar-refractivity contribution >= 4 is 33.7 Å². The number of rotatable bonds is 6. The molecule has 2 rings (SSSR count). The van der Waals surface area contributed by atoms with Crippen molar-refractivity contribution in [2.24, 2.45) is 0 Å². The Morgan fingerprint density at radius 1 is 0.938 bits per heavy atom.